The van der Waals surface area contributed by atoms with Gasteiger partial charge in [-0.25, -0.2) is 9.36 Å². The summed E-state index contributed by atoms with van der Waals surface area (Å²) in [6.45, 7) is 5.08. The number of nitrogens with zero attached hydrogens (tertiary/aromatic N) is 2. The van der Waals surface area contributed by atoms with E-state index in [2.05, 4.69) is 6.92 Å². The fourth-order valence-electron chi connectivity index (χ4n) is 3.61. The van der Waals surface area contributed by atoms with Crippen molar-refractivity contribution in [2.75, 3.05) is 27.2 Å². The molecule has 0 amide bonds. The van der Waals surface area contributed by atoms with E-state index in [9.17, 15) is 14.4 Å². The Morgan fingerprint density at radius 1 is 1.30 bits per heavy atom. The minimum atomic E-state index is -0.557. The molecule has 2 aromatic heterocycles. The van der Waals surface area contributed by atoms with E-state index in [0.29, 0.717) is 17.8 Å². The normalized spacial score (nSPS) is 16.7. The molecule has 148 valence electrons. The van der Waals surface area contributed by atoms with Crippen molar-refractivity contribution in [3.05, 3.63) is 31.3 Å². The van der Waals surface area contributed by atoms with E-state index < -0.39 is 11.7 Å². The summed E-state index contributed by atoms with van der Waals surface area (Å²) in [6.07, 6.45) is 2.83. The second-order valence-electron chi connectivity index (χ2n) is 7.62. The molecule has 0 aliphatic heterocycles. The van der Waals surface area contributed by atoms with Crippen molar-refractivity contribution in [1.82, 2.24) is 9.13 Å². The molecule has 0 spiro atoms. The molecule has 0 saturated heterocycles. The zero-order valence-corrected chi connectivity index (χ0v) is 17.3. The number of nitrogens with one attached hydrogen (secondary N) is 1. The summed E-state index contributed by atoms with van der Waals surface area (Å²) in [5.41, 5.74) is 0.290. The number of carbonyl (C=O) groups is 1. The number of aryl methyl sites for hydroxylation is 1. The van der Waals surface area contributed by atoms with Crippen LogP contribution in [0.2, 0.25) is 0 Å². The maximum atomic E-state index is 13.1. The first-order valence-corrected chi connectivity index (χ1v) is 10.4. The predicted octanol–water partition coefficient (Wildman–Crippen LogP) is 0.0571. The molecular formula is C19H28N3O4S+. The molecule has 8 heteroatoms. The Bertz CT molecular complexity index is 970. The van der Waals surface area contributed by atoms with Gasteiger partial charge in [0.05, 0.1) is 39.2 Å². The van der Waals surface area contributed by atoms with E-state index in [1.807, 2.05) is 14.1 Å². The van der Waals surface area contributed by atoms with Gasteiger partial charge in [0.1, 0.15) is 11.4 Å². The average molecular weight is 395 g/mol. The summed E-state index contributed by atoms with van der Waals surface area (Å²) in [4.78, 5) is 41.3. The molecule has 2 heterocycles. The lowest BCUT2D eigenvalue weighted by Gasteiger charge is -2.17. The molecule has 0 radical (unpaired) electrons. The van der Waals surface area contributed by atoms with Crippen LogP contribution >= 0.6 is 11.3 Å². The third-order valence-electron chi connectivity index (χ3n) is 5.09. The van der Waals surface area contributed by atoms with Gasteiger partial charge in [0, 0.05) is 4.88 Å². The fourth-order valence-corrected chi connectivity index (χ4v) is 5.13. The van der Waals surface area contributed by atoms with Gasteiger partial charge in [-0.05, 0) is 37.7 Å². The first kappa shape index (κ1) is 19.8. The Kier molecular flexibility index (Phi) is 5.86. The minimum Gasteiger partial charge on any atom is -0.465 e. The second-order valence-corrected chi connectivity index (χ2v) is 8.70. The SMILES string of the molecule is CCOC(=O)Cn1c(=O)c2c3c(sc2n(CC[NH+](C)C)c1=O)C[C@H](C)CC3. The lowest BCUT2D eigenvalue weighted by Crippen LogP contribution is -3.06. The first-order chi connectivity index (χ1) is 12.8. The molecule has 1 atom stereocenters. The van der Waals surface area contributed by atoms with Gasteiger partial charge in [0.2, 0.25) is 0 Å². The highest BCUT2D eigenvalue weighted by Gasteiger charge is 2.26. The highest BCUT2D eigenvalue weighted by atomic mass is 32.1. The molecule has 1 N–H and O–H groups in total. The number of hydrogen-bond donors (Lipinski definition) is 1. The van der Waals surface area contributed by atoms with Crippen molar-refractivity contribution < 1.29 is 14.4 Å². The first-order valence-electron chi connectivity index (χ1n) is 9.56. The van der Waals surface area contributed by atoms with E-state index in [1.165, 1.54) is 9.78 Å². The zero-order chi connectivity index (χ0) is 19.7. The summed E-state index contributed by atoms with van der Waals surface area (Å²) >= 11 is 1.57. The lowest BCUT2D eigenvalue weighted by atomic mass is 9.89. The van der Waals surface area contributed by atoms with Crippen LogP contribution in [-0.2, 0) is 35.5 Å². The largest absolute Gasteiger partial charge is 0.465 e. The van der Waals surface area contributed by atoms with Crippen molar-refractivity contribution in [2.24, 2.45) is 5.92 Å². The molecule has 0 saturated carbocycles. The Balaban J connectivity index is 2.21. The second kappa shape index (κ2) is 7.98. The Morgan fingerprint density at radius 3 is 2.70 bits per heavy atom. The van der Waals surface area contributed by atoms with Crippen molar-refractivity contribution in [2.45, 2.75) is 46.2 Å². The van der Waals surface area contributed by atoms with Crippen LogP contribution < -0.4 is 16.1 Å². The molecule has 0 fully saturated rings. The third-order valence-corrected chi connectivity index (χ3v) is 6.36. The smallest absolute Gasteiger partial charge is 0.332 e. The number of quaternary nitrogens is 1. The Hall–Kier alpha value is -1.93. The van der Waals surface area contributed by atoms with Gasteiger partial charge >= 0.3 is 11.7 Å². The van der Waals surface area contributed by atoms with Crippen LogP contribution in [0.4, 0.5) is 0 Å². The van der Waals surface area contributed by atoms with E-state index >= 15 is 0 Å². The van der Waals surface area contributed by atoms with Gasteiger partial charge in [-0.2, -0.15) is 0 Å². The quantitative estimate of drug-likeness (QED) is 0.703. The van der Waals surface area contributed by atoms with Crippen molar-refractivity contribution in [3.63, 3.8) is 0 Å². The average Bonchev–Trinajstić information content (AvgIpc) is 2.96. The molecule has 1 aliphatic carbocycles. The number of aromatic nitrogens is 2. The monoisotopic (exact) mass is 394 g/mol. The predicted molar refractivity (Wildman–Crippen MR) is 106 cm³/mol. The third kappa shape index (κ3) is 3.87. The van der Waals surface area contributed by atoms with Gasteiger partial charge in [-0.15, -0.1) is 11.3 Å². The molecule has 27 heavy (non-hydrogen) atoms. The number of esters is 1. The lowest BCUT2D eigenvalue weighted by molar-refractivity contribution is -0.858. The van der Waals surface area contributed by atoms with Gasteiger partial charge in [-0.3, -0.25) is 14.2 Å². The number of hydrogen-bond acceptors (Lipinski definition) is 5. The van der Waals surface area contributed by atoms with Crippen LogP contribution in [-0.4, -0.2) is 42.4 Å². The number of fused-ring (bicyclic) bond motifs is 3. The summed E-state index contributed by atoms with van der Waals surface area (Å²) in [5.74, 6) is 0.0252. The van der Waals surface area contributed by atoms with Crippen LogP contribution in [0.25, 0.3) is 10.2 Å². The van der Waals surface area contributed by atoms with Crippen LogP contribution in [0, 0.1) is 5.92 Å². The highest BCUT2D eigenvalue weighted by molar-refractivity contribution is 7.18. The van der Waals surface area contributed by atoms with Crippen molar-refractivity contribution in [3.8, 4) is 0 Å². The van der Waals surface area contributed by atoms with Gasteiger partial charge in [0.25, 0.3) is 5.56 Å². The standard InChI is InChI=1S/C19H27N3O4S/c1-5-26-15(23)11-22-17(24)16-13-7-6-12(2)10-14(13)27-18(16)21(19(22)25)9-8-20(3)4/h12H,5-11H2,1-4H3/p+1/t12-/m1/s1. The Morgan fingerprint density at radius 2 is 2.04 bits per heavy atom. The molecule has 1 aliphatic rings. The van der Waals surface area contributed by atoms with E-state index in [4.69, 9.17) is 4.74 Å². The molecule has 0 unspecified atom stereocenters. The number of rotatable bonds is 6. The van der Waals surface area contributed by atoms with Gasteiger partial charge in [0.15, 0.2) is 0 Å². The zero-order valence-electron chi connectivity index (χ0n) is 16.5. The fraction of sp³-hybridized carbons (Fsp3) is 0.632. The molecule has 7 nitrogen and oxygen atoms in total. The van der Waals surface area contributed by atoms with Crippen molar-refractivity contribution >= 4 is 27.5 Å². The summed E-state index contributed by atoms with van der Waals surface area (Å²) in [7, 11) is 4.05. The maximum absolute atomic E-state index is 13.1. The van der Waals surface area contributed by atoms with Crippen LogP contribution in [0.5, 0.6) is 0 Å². The van der Waals surface area contributed by atoms with E-state index in [1.54, 1.807) is 22.8 Å². The van der Waals surface area contributed by atoms with Crippen molar-refractivity contribution in [1.29, 1.82) is 0 Å². The van der Waals surface area contributed by atoms with Gasteiger partial charge in [-0.1, -0.05) is 6.92 Å². The van der Waals surface area contributed by atoms with Gasteiger partial charge < -0.3 is 9.64 Å². The number of thiophene rings is 1. The van der Waals surface area contributed by atoms with Crippen LogP contribution in [0.1, 0.15) is 30.7 Å². The van der Waals surface area contributed by atoms with Crippen LogP contribution in [0.15, 0.2) is 9.59 Å². The summed E-state index contributed by atoms with van der Waals surface area (Å²) in [5, 5.41) is 0.625. The molecule has 0 bridgehead atoms. The summed E-state index contributed by atoms with van der Waals surface area (Å²) in [6, 6.07) is 0. The Labute approximate surface area is 162 Å². The number of ether oxygens (including phenoxy) is 1. The topological polar surface area (TPSA) is 74.7 Å². The van der Waals surface area contributed by atoms with E-state index in [0.717, 1.165) is 40.8 Å². The highest BCUT2D eigenvalue weighted by Crippen LogP contribution is 2.36. The number of likely N-dealkylation sites (N-methyl/N-ethyl adjacent to an activating group) is 1. The molecule has 2 aromatic rings. The number of carbonyl (C=O) groups excluding carboxylic acids is 1. The van der Waals surface area contributed by atoms with E-state index in [-0.39, 0.29) is 18.7 Å². The minimum absolute atomic E-state index is 0.222. The maximum Gasteiger partial charge on any atom is 0.332 e. The molecule has 3 rings (SSSR count). The molecule has 0 aromatic carbocycles. The van der Waals surface area contributed by atoms with Crippen LogP contribution in [0.3, 0.4) is 0 Å². The summed E-state index contributed by atoms with van der Waals surface area (Å²) < 4.78 is 7.69. The molecular weight excluding hydrogens is 366 g/mol.